The van der Waals surface area contributed by atoms with E-state index in [0.717, 1.165) is 10.9 Å². The normalized spacial score (nSPS) is 14.7. The second kappa shape index (κ2) is 4.81. The van der Waals surface area contributed by atoms with Gasteiger partial charge in [-0.1, -0.05) is 6.92 Å². The van der Waals surface area contributed by atoms with Crippen LogP contribution in [0.3, 0.4) is 0 Å². The molecule has 0 saturated heterocycles. The lowest BCUT2D eigenvalue weighted by Gasteiger charge is -2.28. The van der Waals surface area contributed by atoms with Crippen molar-refractivity contribution in [2.45, 2.75) is 25.8 Å². The van der Waals surface area contributed by atoms with Gasteiger partial charge in [0.15, 0.2) is 0 Å². The number of nitrogens with two attached hydrogens (primary N) is 1. The van der Waals surface area contributed by atoms with E-state index in [1.165, 1.54) is 0 Å². The zero-order valence-electron chi connectivity index (χ0n) is 8.92. The van der Waals surface area contributed by atoms with E-state index < -0.39 is 0 Å². The standard InChI is InChI=1S/C10H16BrN3O/c1-3-10(2,6-15)14-9-8(12)4-7(11)5-13-9/h4-5,15H,3,6,12H2,1-2H3,(H,13,14). The summed E-state index contributed by atoms with van der Waals surface area (Å²) in [5.74, 6) is 0.608. The van der Waals surface area contributed by atoms with Crippen molar-refractivity contribution in [3.05, 3.63) is 16.7 Å². The van der Waals surface area contributed by atoms with Gasteiger partial charge in [0.25, 0.3) is 0 Å². The number of nitrogens with zero attached hydrogens (tertiary/aromatic N) is 1. The molecule has 1 heterocycles. The summed E-state index contributed by atoms with van der Waals surface area (Å²) in [6.07, 6.45) is 2.47. The highest BCUT2D eigenvalue weighted by molar-refractivity contribution is 9.10. The molecule has 0 radical (unpaired) electrons. The summed E-state index contributed by atoms with van der Waals surface area (Å²) >= 11 is 3.29. The molecule has 0 aliphatic rings. The van der Waals surface area contributed by atoms with Crippen LogP contribution in [0.15, 0.2) is 16.7 Å². The van der Waals surface area contributed by atoms with E-state index in [1.54, 1.807) is 12.3 Å². The first-order chi connectivity index (χ1) is 7.00. The number of nitrogen functional groups attached to an aromatic ring is 1. The second-order valence-electron chi connectivity index (χ2n) is 3.79. The average molecular weight is 274 g/mol. The predicted octanol–water partition coefficient (Wildman–Crippen LogP) is 2.00. The lowest BCUT2D eigenvalue weighted by atomic mass is 10.0. The zero-order valence-corrected chi connectivity index (χ0v) is 10.5. The molecule has 0 fully saturated rings. The molecule has 15 heavy (non-hydrogen) atoms. The van der Waals surface area contributed by atoms with Crippen molar-refractivity contribution in [1.29, 1.82) is 0 Å². The molecule has 4 N–H and O–H groups in total. The SMILES string of the molecule is CCC(C)(CO)Nc1ncc(Br)cc1N. The molecule has 0 aromatic carbocycles. The van der Waals surface area contributed by atoms with E-state index >= 15 is 0 Å². The first-order valence-corrected chi connectivity index (χ1v) is 5.60. The minimum absolute atomic E-state index is 0.0423. The van der Waals surface area contributed by atoms with Crippen molar-refractivity contribution >= 4 is 27.4 Å². The summed E-state index contributed by atoms with van der Waals surface area (Å²) in [5, 5.41) is 12.4. The molecule has 0 amide bonds. The van der Waals surface area contributed by atoms with Gasteiger partial charge in [-0.2, -0.15) is 0 Å². The summed E-state index contributed by atoms with van der Waals surface area (Å²) in [6, 6.07) is 1.78. The van der Waals surface area contributed by atoms with Gasteiger partial charge in [0.2, 0.25) is 0 Å². The first-order valence-electron chi connectivity index (χ1n) is 4.81. The van der Waals surface area contributed by atoms with Gasteiger partial charge in [0.1, 0.15) is 5.82 Å². The van der Waals surface area contributed by atoms with E-state index in [-0.39, 0.29) is 12.1 Å². The summed E-state index contributed by atoms with van der Waals surface area (Å²) in [6.45, 7) is 3.97. The monoisotopic (exact) mass is 273 g/mol. The molecule has 84 valence electrons. The van der Waals surface area contributed by atoms with Gasteiger partial charge in [0.05, 0.1) is 17.8 Å². The van der Waals surface area contributed by atoms with Gasteiger partial charge < -0.3 is 16.2 Å². The van der Waals surface area contributed by atoms with Crippen molar-refractivity contribution in [2.24, 2.45) is 0 Å². The second-order valence-corrected chi connectivity index (χ2v) is 4.70. The Labute approximate surface area is 98.0 Å². The Kier molecular flexibility index (Phi) is 3.93. The molecule has 4 nitrogen and oxygen atoms in total. The van der Waals surface area contributed by atoms with Crippen LogP contribution in [0, 0.1) is 0 Å². The molecule has 1 unspecified atom stereocenters. The van der Waals surface area contributed by atoms with Crippen molar-refractivity contribution in [3.8, 4) is 0 Å². The number of hydrogen-bond donors (Lipinski definition) is 3. The van der Waals surface area contributed by atoms with Crippen LogP contribution in [-0.2, 0) is 0 Å². The maximum atomic E-state index is 9.25. The number of aliphatic hydroxyl groups excluding tert-OH is 1. The smallest absolute Gasteiger partial charge is 0.149 e. The largest absolute Gasteiger partial charge is 0.396 e. The molecule has 1 atom stereocenters. The van der Waals surface area contributed by atoms with Crippen LogP contribution >= 0.6 is 15.9 Å². The summed E-state index contributed by atoms with van der Waals surface area (Å²) in [5.41, 5.74) is 5.99. The number of pyridine rings is 1. The Bertz CT molecular complexity index is 339. The molecule has 0 aliphatic heterocycles. The van der Waals surface area contributed by atoms with Crippen molar-refractivity contribution in [3.63, 3.8) is 0 Å². The van der Waals surface area contributed by atoms with Gasteiger partial charge in [-0.05, 0) is 35.3 Å². The number of aliphatic hydroxyl groups is 1. The van der Waals surface area contributed by atoms with Gasteiger partial charge in [-0.25, -0.2) is 4.98 Å². The minimum Gasteiger partial charge on any atom is -0.396 e. The third-order valence-corrected chi connectivity index (χ3v) is 2.87. The van der Waals surface area contributed by atoms with Gasteiger partial charge >= 0.3 is 0 Å². The summed E-state index contributed by atoms with van der Waals surface area (Å²) in [7, 11) is 0. The fourth-order valence-electron chi connectivity index (χ4n) is 1.08. The fourth-order valence-corrected chi connectivity index (χ4v) is 1.43. The van der Waals surface area contributed by atoms with E-state index in [2.05, 4.69) is 26.2 Å². The van der Waals surface area contributed by atoms with Crippen LogP contribution in [-0.4, -0.2) is 22.2 Å². The van der Waals surface area contributed by atoms with E-state index in [0.29, 0.717) is 11.5 Å². The van der Waals surface area contributed by atoms with Crippen LogP contribution in [0.5, 0.6) is 0 Å². The number of anilines is 2. The van der Waals surface area contributed by atoms with E-state index in [9.17, 15) is 5.11 Å². The quantitative estimate of drug-likeness (QED) is 0.785. The third-order valence-electron chi connectivity index (χ3n) is 2.43. The predicted molar refractivity (Wildman–Crippen MR) is 65.8 cm³/mol. The number of nitrogens with one attached hydrogen (secondary N) is 1. The third kappa shape index (κ3) is 3.07. The molecule has 1 rings (SSSR count). The van der Waals surface area contributed by atoms with Crippen LogP contribution < -0.4 is 11.1 Å². The van der Waals surface area contributed by atoms with Gasteiger partial charge in [0, 0.05) is 10.7 Å². The lowest BCUT2D eigenvalue weighted by Crippen LogP contribution is -2.38. The van der Waals surface area contributed by atoms with Gasteiger partial charge in [-0.3, -0.25) is 0 Å². The number of aromatic nitrogens is 1. The number of rotatable bonds is 4. The minimum atomic E-state index is -0.380. The zero-order chi connectivity index (χ0) is 11.5. The van der Waals surface area contributed by atoms with Crippen LogP contribution in [0.2, 0.25) is 0 Å². The van der Waals surface area contributed by atoms with Crippen LogP contribution in [0.25, 0.3) is 0 Å². The molecule has 1 aromatic rings. The maximum Gasteiger partial charge on any atom is 0.149 e. The Morgan fingerprint density at radius 2 is 2.33 bits per heavy atom. The van der Waals surface area contributed by atoms with Gasteiger partial charge in [-0.15, -0.1) is 0 Å². The van der Waals surface area contributed by atoms with Crippen molar-refractivity contribution in [2.75, 3.05) is 17.7 Å². The lowest BCUT2D eigenvalue weighted by molar-refractivity contribution is 0.218. The Morgan fingerprint density at radius 1 is 1.67 bits per heavy atom. The summed E-state index contributed by atoms with van der Waals surface area (Å²) in [4.78, 5) is 4.16. The molecule has 1 aromatic heterocycles. The molecule has 0 saturated carbocycles. The number of hydrogen-bond acceptors (Lipinski definition) is 4. The maximum absolute atomic E-state index is 9.25. The topological polar surface area (TPSA) is 71.2 Å². The molecule has 0 bridgehead atoms. The Balaban J connectivity index is 2.89. The first kappa shape index (κ1) is 12.3. The molecular weight excluding hydrogens is 258 g/mol. The molecule has 0 spiro atoms. The highest BCUT2D eigenvalue weighted by Crippen LogP contribution is 2.24. The summed E-state index contributed by atoms with van der Waals surface area (Å²) < 4.78 is 0.841. The number of halogens is 1. The Hall–Kier alpha value is -0.810. The van der Waals surface area contributed by atoms with E-state index in [1.807, 2.05) is 13.8 Å². The molecule has 0 aliphatic carbocycles. The fraction of sp³-hybridized carbons (Fsp3) is 0.500. The van der Waals surface area contributed by atoms with Crippen LogP contribution in [0.1, 0.15) is 20.3 Å². The highest BCUT2D eigenvalue weighted by Gasteiger charge is 2.21. The van der Waals surface area contributed by atoms with Crippen LogP contribution in [0.4, 0.5) is 11.5 Å². The Morgan fingerprint density at radius 3 is 2.80 bits per heavy atom. The molecule has 5 heteroatoms. The highest BCUT2D eigenvalue weighted by atomic mass is 79.9. The average Bonchev–Trinajstić information content (AvgIpc) is 2.22. The molecular formula is C10H16BrN3O. The van der Waals surface area contributed by atoms with Crippen molar-refractivity contribution < 1.29 is 5.11 Å². The van der Waals surface area contributed by atoms with Crippen molar-refractivity contribution in [1.82, 2.24) is 4.98 Å². The van der Waals surface area contributed by atoms with E-state index in [4.69, 9.17) is 5.73 Å².